The van der Waals surface area contributed by atoms with Crippen molar-refractivity contribution in [1.29, 1.82) is 0 Å². The Morgan fingerprint density at radius 2 is 1.29 bits per heavy atom. The number of hydrogen-bond acceptors (Lipinski definition) is 5. The second-order valence-electron chi connectivity index (χ2n) is 5.86. The number of para-hydroxylation sites is 1. The maximum absolute atomic E-state index is 12.0. The van der Waals surface area contributed by atoms with Crippen molar-refractivity contribution in [1.82, 2.24) is 0 Å². The Morgan fingerprint density at radius 3 is 1.89 bits per heavy atom. The number of hydrogen-bond donors (Lipinski definition) is 1. The van der Waals surface area contributed by atoms with Crippen molar-refractivity contribution < 1.29 is 23.8 Å². The van der Waals surface area contributed by atoms with Crippen LogP contribution in [0.15, 0.2) is 84.9 Å². The third-order valence-corrected chi connectivity index (χ3v) is 3.77. The van der Waals surface area contributed by atoms with Crippen molar-refractivity contribution in [2.24, 2.45) is 5.73 Å². The lowest BCUT2D eigenvalue weighted by molar-refractivity contribution is -0.157. The summed E-state index contributed by atoms with van der Waals surface area (Å²) in [6.45, 7) is -0.352. The maximum Gasteiger partial charge on any atom is 0.345 e. The topological polar surface area (TPSA) is 87.9 Å². The van der Waals surface area contributed by atoms with Crippen LogP contribution in [0.25, 0.3) is 0 Å². The molecule has 0 saturated carbocycles. The summed E-state index contributed by atoms with van der Waals surface area (Å²) in [5, 5.41) is 0. The lowest BCUT2D eigenvalue weighted by Gasteiger charge is -2.15. The number of benzene rings is 3. The quantitative estimate of drug-likeness (QED) is 0.606. The molecule has 2 N–H and O–H groups in total. The average Bonchev–Trinajstić information content (AvgIpc) is 2.73. The molecule has 28 heavy (non-hydrogen) atoms. The molecule has 0 bridgehead atoms. The molecular formula is C22H19NO5. The van der Waals surface area contributed by atoms with Gasteiger partial charge in [0, 0.05) is 5.56 Å². The maximum atomic E-state index is 12.0. The lowest BCUT2D eigenvalue weighted by Crippen LogP contribution is -2.28. The molecular weight excluding hydrogens is 358 g/mol. The predicted octanol–water partition coefficient (Wildman–Crippen LogP) is 3.63. The van der Waals surface area contributed by atoms with E-state index in [0.717, 1.165) is 5.75 Å². The van der Waals surface area contributed by atoms with E-state index in [9.17, 15) is 9.59 Å². The van der Waals surface area contributed by atoms with E-state index >= 15 is 0 Å². The van der Waals surface area contributed by atoms with Gasteiger partial charge in [-0.1, -0.05) is 48.5 Å². The number of carbonyl (C=O) groups excluding carboxylic acids is 2. The Bertz CT molecular complexity index is 911. The molecule has 0 aromatic heterocycles. The van der Waals surface area contributed by atoms with Gasteiger partial charge in [0.2, 0.25) is 6.10 Å². The number of amides is 1. The van der Waals surface area contributed by atoms with Crippen molar-refractivity contribution in [2.45, 2.75) is 6.10 Å². The molecule has 0 spiro atoms. The molecule has 6 nitrogen and oxygen atoms in total. The molecule has 3 aromatic rings. The van der Waals surface area contributed by atoms with Gasteiger partial charge in [0.15, 0.2) is 6.61 Å². The summed E-state index contributed by atoms with van der Waals surface area (Å²) >= 11 is 0. The van der Waals surface area contributed by atoms with Crippen molar-refractivity contribution in [3.8, 4) is 17.2 Å². The van der Waals surface area contributed by atoms with Crippen LogP contribution < -0.4 is 15.2 Å². The molecule has 0 fully saturated rings. The van der Waals surface area contributed by atoms with Gasteiger partial charge in [0.1, 0.15) is 17.2 Å². The predicted molar refractivity (Wildman–Crippen MR) is 103 cm³/mol. The summed E-state index contributed by atoms with van der Waals surface area (Å²) in [6.07, 6.45) is -1.15. The summed E-state index contributed by atoms with van der Waals surface area (Å²) < 4.78 is 16.3. The Morgan fingerprint density at radius 1 is 0.750 bits per heavy atom. The van der Waals surface area contributed by atoms with Crippen LogP contribution in [0.4, 0.5) is 0 Å². The van der Waals surface area contributed by atoms with E-state index in [1.165, 1.54) is 0 Å². The van der Waals surface area contributed by atoms with E-state index in [1.807, 2.05) is 30.3 Å². The lowest BCUT2D eigenvalue weighted by atomic mass is 10.1. The summed E-state index contributed by atoms with van der Waals surface area (Å²) in [7, 11) is 0. The van der Waals surface area contributed by atoms with Gasteiger partial charge >= 0.3 is 5.97 Å². The van der Waals surface area contributed by atoms with Gasteiger partial charge in [-0.2, -0.15) is 0 Å². The molecule has 1 unspecified atom stereocenters. The number of primary amides is 1. The molecule has 0 radical (unpaired) electrons. The first-order valence-electron chi connectivity index (χ1n) is 8.61. The van der Waals surface area contributed by atoms with Crippen LogP contribution in [0.2, 0.25) is 0 Å². The van der Waals surface area contributed by atoms with Crippen molar-refractivity contribution in [2.75, 3.05) is 6.61 Å². The number of rotatable bonds is 8. The van der Waals surface area contributed by atoms with E-state index in [-0.39, 0.29) is 6.61 Å². The summed E-state index contributed by atoms with van der Waals surface area (Å²) in [4.78, 5) is 23.6. The Balaban J connectivity index is 1.53. The molecule has 1 atom stereocenters. The second kappa shape index (κ2) is 9.23. The van der Waals surface area contributed by atoms with Gasteiger partial charge in [-0.25, -0.2) is 4.79 Å². The minimum atomic E-state index is -1.15. The zero-order valence-corrected chi connectivity index (χ0v) is 15.0. The smallest absolute Gasteiger partial charge is 0.345 e. The molecule has 142 valence electrons. The van der Waals surface area contributed by atoms with Gasteiger partial charge in [0.25, 0.3) is 5.91 Å². The third kappa shape index (κ3) is 5.35. The van der Waals surface area contributed by atoms with Crippen LogP contribution in [0.3, 0.4) is 0 Å². The molecule has 3 aromatic carbocycles. The number of nitrogens with two attached hydrogens (primary N) is 1. The van der Waals surface area contributed by atoms with Crippen molar-refractivity contribution in [3.63, 3.8) is 0 Å². The van der Waals surface area contributed by atoms with Crippen LogP contribution in [-0.4, -0.2) is 18.5 Å². The van der Waals surface area contributed by atoms with E-state index in [0.29, 0.717) is 17.1 Å². The van der Waals surface area contributed by atoms with Crippen LogP contribution in [0.5, 0.6) is 17.2 Å². The minimum Gasteiger partial charge on any atom is -0.482 e. The molecule has 6 heteroatoms. The molecule has 0 heterocycles. The second-order valence-corrected chi connectivity index (χ2v) is 5.86. The average molecular weight is 377 g/mol. The Hall–Kier alpha value is -3.80. The zero-order valence-electron chi connectivity index (χ0n) is 15.0. The molecule has 0 aliphatic carbocycles. The molecule has 0 aliphatic heterocycles. The summed E-state index contributed by atoms with van der Waals surface area (Å²) in [5.74, 6) is 0.379. The highest BCUT2D eigenvalue weighted by atomic mass is 16.6. The molecule has 0 aliphatic rings. The first-order valence-corrected chi connectivity index (χ1v) is 8.61. The normalized spacial score (nSPS) is 11.3. The number of ether oxygens (including phenoxy) is 3. The van der Waals surface area contributed by atoms with Crippen molar-refractivity contribution >= 4 is 11.9 Å². The van der Waals surface area contributed by atoms with Crippen LogP contribution in [0.1, 0.15) is 11.7 Å². The van der Waals surface area contributed by atoms with Crippen LogP contribution in [-0.2, 0) is 14.3 Å². The largest absolute Gasteiger partial charge is 0.482 e. The fourth-order valence-corrected chi connectivity index (χ4v) is 2.45. The summed E-state index contributed by atoms with van der Waals surface area (Å²) in [5.41, 5.74) is 5.84. The minimum absolute atomic E-state index is 0.352. The van der Waals surface area contributed by atoms with Gasteiger partial charge in [0.05, 0.1) is 0 Å². The van der Waals surface area contributed by atoms with Gasteiger partial charge in [-0.3, -0.25) is 4.79 Å². The summed E-state index contributed by atoms with van der Waals surface area (Å²) in [6, 6.07) is 24.7. The first kappa shape index (κ1) is 19.0. The van der Waals surface area contributed by atoms with E-state index < -0.39 is 18.0 Å². The highest BCUT2D eigenvalue weighted by Crippen LogP contribution is 2.23. The number of esters is 1. The number of carbonyl (C=O) groups is 2. The SMILES string of the molecule is NC(=O)C(OC(=O)COc1ccc(Oc2ccccc2)cc1)c1ccccc1. The monoisotopic (exact) mass is 377 g/mol. The standard InChI is InChI=1S/C22H19NO5/c23-22(25)21(16-7-3-1-4-8-16)28-20(24)15-26-17-11-13-19(14-12-17)27-18-9-5-2-6-10-18/h1-14,21H,15H2,(H2,23,25). The zero-order chi connectivity index (χ0) is 19.8. The Labute approximate surface area is 162 Å². The van der Waals surface area contributed by atoms with E-state index in [2.05, 4.69) is 0 Å². The Kier molecular flexibility index (Phi) is 6.25. The van der Waals surface area contributed by atoms with E-state index in [4.69, 9.17) is 19.9 Å². The molecule has 3 rings (SSSR count). The van der Waals surface area contributed by atoms with Gasteiger partial charge in [-0.15, -0.1) is 0 Å². The van der Waals surface area contributed by atoms with Crippen LogP contribution >= 0.6 is 0 Å². The molecule has 1 amide bonds. The van der Waals surface area contributed by atoms with Crippen molar-refractivity contribution in [3.05, 3.63) is 90.5 Å². The first-order chi connectivity index (χ1) is 13.6. The van der Waals surface area contributed by atoms with E-state index in [1.54, 1.807) is 54.6 Å². The molecule has 0 saturated heterocycles. The highest BCUT2D eigenvalue weighted by Gasteiger charge is 2.22. The third-order valence-electron chi connectivity index (χ3n) is 3.77. The highest BCUT2D eigenvalue weighted by molar-refractivity contribution is 5.83. The fourth-order valence-electron chi connectivity index (χ4n) is 2.45. The van der Waals surface area contributed by atoms with Gasteiger partial charge < -0.3 is 19.9 Å². The fraction of sp³-hybridized carbons (Fsp3) is 0.0909. The van der Waals surface area contributed by atoms with Crippen LogP contribution in [0, 0.1) is 0 Å². The van der Waals surface area contributed by atoms with Gasteiger partial charge in [-0.05, 0) is 36.4 Å².